The van der Waals surface area contributed by atoms with E-state index < -0.39 is 0 Å². The number of aryl methyl sites for hydroxylation is 1. The van der Waals surface area contributed by atoms with Gasteiger partial charge < -0.3 is 19.7 Å². The molecule has 2 aliphatic heterocycles. The summed E-state index contributed by atoms with van der Waals surface area (Å²) < 4.78 is 0. The highest BCUT2D eigenvalue weighted by Crippen LogP contribution is 2.25. The second kappa shape index (κ2) is 6.68. The van der Waals surface area contributed by atoms with Gasteiger partial charge >= 0.3 is 0 Å². The van der Waals surface area contributed by atoms with Gasteiger partial charge in [-0.3, -0.25) is 0 Å². The van der Waals surface area contributed by atoms with Crippen molar-refractivity contribution in [3.63, 3.8) is 0 Å². The van der Waals surface area contributed by atoms with Crippen molar-refractivity contribution in [1.82, 2.24) is 24.9 Å². The van der Waals surface area contributed by atoms with Crippen LogP contribution < -0.4 is 14.7 Å². The average Bonchev–Trinajstić information content (AvgIpc) is 3.37. The van der Waals surface area contributed by atoms with Crippen LogP contribution in [0.25, 0.3) is 11.0 Å². The maximum atomic E-state index is 4.82. The van der Waals surface area contributed by atoms with E-state index in [1.165, 1.54) is 12.8 Å². The largest absolute Gasteiger partial charge is 0.356 e. The first-order valence-corrected chi connectivity index (χ1v) is 9.66. The van der Waals surface area contributed by atoms with E-state index in [-0.39, 0.29) is 0 Å². The minimum Gasteiger partial charge on any atom is -0.356 e. The number of nitrogens with one attached hydrogen (secondary N) is 1. The lowest BCUT2D eigenvalue weighted by atomic mass is 10.3. The van der Waals surface area contributed by atoms with Crippen LogP contribution in [0.4, 0.5) is 17.6 Å². The molecule has 0 radical (unpaired) electrons. The molecule has 0 spiro atoms. The van der Waals surface area contributed by atoms with Crippen molar-refractivity contribution >= 4 is 28.6 Å². The number of piperazine rings is 1. The van der Waals surface area contributed by atoms with Crippen LogP contribution in [0, 0.1) is 6.92 Å². The maximum absolute atomic E-state index is 4.82. The Morgan fingerprint density at radius 3 is 2.48 bits per heavy atom. The number of hydrogen-bond acceptors (Lipinski definition) is 7. The van der Waals surface area contributed by atoms with Crippen LogP contribution in [0.1, 0.15) is 18.5 Å². The Morgan fingerprint density at radius 2 is 1.67 bits per heavy atom. The molecule has 0 atom stereocenters. The first-order chi connectivity index (χ1) is 13.3. The van der Waals surface area contributed by atoms with Gasteiger partial charge in [0.2, 0.25) is 5.95 Å². The van der Waals surface area contributed by atoms with Crippen LogP contribution in [0.2, 0.25) is 0 Å². The van der Waals surface area contributed by atoms with Gasteiger partial charge in [-0.05, 0) is 31.9 Å². The molecule has 140 valence electrons. The van der Waals surface area contributed by atoms with Crippen molar-refractivity contribution in [2.24, 2.45) is 0 Å². The molecule has 2 aliphatic rings. The predicted molar refractivity (Wildman–Crippen MR) is 107 cm³/mol. The normalized spacial score (nSPS) is 17.9. The van der Waals surface area contributed by atoms with Gasteiger partial charge in [0.1, 0.15) is 17.7 Å². The second-order valence-corrected chi connectivity index (χ2v) is 7.29. The number of hydrogen-bond donors (Lipinski definition) is 1. The zero-order valence-electron chi connectivity index (χ0n) is 15.6. The Kier molecular flexibility index (Phi) is 4.03. The molecule has 2 fully saturated rings. The minimum atomic E-state index is 0.836. The highest BCUT2D eigenvalue weighted by atomic mass is 15.3. The van der Waals surface area contributed by atoms with Gasteiger partial charge in [-0.15, -0.1) is 0 Å². The van der Waals surface area contributed by atoms with Crippen molar-refractivity contribution in [2.45, 2.75) is 19.8 Å². The summed E-state index contributed by atoms with van der Waals surface area (Å²) in [4.78, 5) is 28.6. The van der Waals surface area contributed by atoms with Crippen molar-refractivity contribution in [1.29, 1.82) is 0 Å². The third-order valence-electron chi connectivity index (χ3n) is 5.45. The second-order valence-electron chi connectivity index (χ2n) is 7.29. The summed E-state index contributed by atoms with van der Waals surface area (Å²) in [6, 6.07) is 4.09. The first-order valence-electron chi connectivity index (χ1n) is 9.66. The smallest absolute Gasteiger partial charge is 0.227 e. The van der Waals surface area contributed by atoms with E-state index in [2.05, 4.69) is 40.7 Å². The molecule has 8 heteroatoms. The third-order valence-corrected chi connectivity index (χ3v) is 5.45. The first kappa shape index (κ1) is 16.3. The number of H-pyrrole nitrogens is 1. The Hall–Kier alpha value is -2.90. The summed E-state index contributed by atoms with van der Waals surface area (Å²) in [5.74, 6) is 2.88. The minimum absolute atomic E-state index is 0.836. The number of anilines is 3. The summed E-state index contributed by atoms with van der Waals surface area (Å²) >= 11 is 0. The molecule has 2 saturated heterocycles. The molecule has 8 nitrogen and oxygen atoms in total. The van der Waals surface area contributed by atoms with Gasteiger partial charge in [-0.25, -0.2) is 15.0 Å². The van der Waals surface area contributed by atoms with Gasteiger partial charge in [-0.1, -0.05) is 0 Å². The molecule has 5 rings (SSSR count). The van der Waals surface area contributed by atoms with Gasteiger partial charge in [0.05, 0.1) is 5.52 Å². The fraction of sp³-hybridized carbons (Fsp3) is 0.474. The fourth-order valence-corrected chi connectivity index (χ4v) is 4.03. The molecule has 0 aromatic carbocycles. The van der Waals surface area contributed by atoms with Crippen LogP contribution in [0.5, 0.6) is 0 Å². The van der Waals surface area contributed by atoms with E-state index in [4.69, 9.17) is 4.98 Å². The van der Waals surface area contributed by atoms with Gasteiger partial charge in [0.25, 0.3) is 0 Å². The predicted octanol–water partition coefficient (Wildman–Crippen LogP) is 1.98. The van der Waals surface area contributed by atoms with E-state index in [1.54, 1.807) is 6.33 Å². The summed E-state index contributed by atoms with van der Waals surface area (Å²) in [5.41, 5.74) is 3.11. The van der Waals surface area contributed by atoms with E-state index in [9.17, 15) is 0 Å². The fourth-order valence-electron chi connectivity index (χ4n) is 4.03. The van der Waals surface area contributed by atoms with Crippen molar-refractivity contribution in [3.8, 4) is 0 Å². The molecule has 0 bridgehead atoms. The third kappa shape index (κ3) is 3.05. The SMILES string of the molecule is Cc1cc2ncnc(N3CCN(c4nccc(N5CCCC5)n4)CC3)c2[nH]1. The Bertz CT molecular complexity index is 938. The van der Waals surface area contributed by atoms with Gasteiger partial charge in [-0.2, -0.15) is 4.98 Å². The Morgan fingerprint density at radius 1 is 0.889 bits per heavy atom. The van der Waals surface area contributed by atoms with Crippen LogP contribution in [-0.2, 0) is 0 Å². The molecule has 0 aliphatic carbocycles. The molecular formula is C19H24N8. The average molecular weight is 364 g/mol. The topological polar surface area (TPSA) is 77.1 Å². The quantitative estimate of drug-likeness (QED) is 0.761. The molecule has 1 N–H and O–H groups in total. The lowest BCUT2D eigenvalue weighted by Gasteiger charge is -2.35. The van der Waals surface area contributed by atoms with Crippen LogP contribution in [-0.4, -0.2) is 64.2 Å². The summed E-state index contributed by atoms with van der Waals surface area (Å²) in [7, 11) is 0. The van der Waals surface area contributed by atoms with E-state index >= 15 is 0 Å². The summed E-state index contributed by atoms with van der Waals surface area (Å²) in [6.07, 6.45) is 6.05. The molecule has 3 aromatic rings. The zero-order chi connectivity index (χ0) is 18.2. The lowest BCUT2D eigenvalue weighted by molar-refractivity contribution is 0.635. The maximum Gasteiger partial charge on any atom is 0.227 e. The van der Waals surface area contributed by atoms with E-state index in [0.29, 0.717) is 0 Å². The standard InChI is InChI=1S/C19H24N8/c1-14-12-15-17(23-14)18(22-13-21-15)26-8-10-27(11-9-26)19-20-5-4-16(24-19)25-6-2-3-7-25/h4-5,12-13,23H,2-3,6-11H2,1H3. The number of aromatic nitrogens is 5. The lowest BCUT2D eigenvalue weighted by Crippen LogP contribution is -2.47. The molecule has 0 saturated carbocycles. The van der Waals surface area contributed by atoms with E-state index in [1.807, 2.05) is 19.2 Å². The van der Waals surface area contributed by atoms with Gasteiger partial charge in [0.15, 0.2) is 5.82 Å². The number of fused-ring (bicyclic) bond motifs is 1. The highest BCUT2D eigenvalue weighted by molar-refractivity contribution is 5.86. The van der Waals surface area contributed by atoms with Crippen LogP contribution in [0.3, 0.4) is 0 Å². The monoisotopic (exact) mass is 364 g/mol. The molecule has 0 unspecified atom stereocenters. The molecule has 0 amide bonds. The molecule has 5 heterocycles. The summed E-state index contributed by atoms with van der Waals surface area (Å²) in [5, 5.41) is 0. The van der Waals surface area contributed by atoms with Crippen molar-refractivity contribution in [3.05, 3.63) is 30.4 Å². The Balaban J connectivity index is 1.32. The van der Waals surface area contributed by atoms with E-state index in [0.717, 1.165) is 73.6 Å². The molecular weight excluding hydrogens is 340 g/mol. The zero-order valence-corrected chi connectivity index (χ0v) is 15.6. The van der Waals surface area contributed by atoms with Gasteiger partial charge in [0, 0.05) is 51.2 Å². The number of aromatic amines is 1. The summed E-state index contributed by atoms with van der Waals surface area (Å²) in [6.45, 7) is 7.80. The van der Waals surface area contributed by atoms with Crippen LogP contribution >= 0.6 is 0 Å². The molecule has 27 heavy (non-hydrogen) atoms. The highest BCUT2D eigenvalue weighted by Gasteiger charge is 2.23. The number of rotatable bonds is 3. The Labute approximate surface area is 158 Å². The van der Waals surface area contributed by atoms with Crippen LogP contribution in [0.15, 0.2) is 24.7 Å². The van der Waals surface area contributed by atoms with Crippen molar-refractivity contribution < 1.29 is 0 Å². The van der Waals surface area contributed by atoms with Crippen molar-refractivity contribution in [2.75, 3.05) is 54.0 Å². The number of nitrogens with zero attached hydrogens (tertiary/aromatic N) is 7. The molecule has 3 aromatic heterocycles.